The van der Waals surface area contributed by atoms with Gasteiger partial charge in [0.1, 0.15) is 6.54 Å². The van der Waals surface area contributed by atoms with Gasteiger partial charge >= 0.3 is 5.97 Å². The Hall–Kier alpha value is -2.50. The van der Waals surface area contributed by atoms with Gasteiger partial charge in [-0.25, -0.2) is 0 Å². The zero-order chi connectivity index (χ0) is 15.6. The standard InChI is InChI=1S/C15H17NO5/c1-3-4-9-7-11-10(5-6-12(17)14(11)21-2)15(20)16(9)8-13(18)19/h5-7,17H,3-4,8H2,1-2H3,(H,18,19). The number of phenolic OH excluding ortho intramolecular Hbond substituents is 1. The van der Waals surface area contributed by atoms with Gasteiger partial charge in [0.05, 0.1) is 12.5 Å². The minimum atomic E-state index is -1.07. The molecule has 21 heavy (non-hydrogen) atoms. The molecule has 6 nitrogen and oxygen atoms in total. The Balaban J connectivity index is 2.83. The van der Waals surface area contributed by atoms with Crippen LogP contribution in [-0.4, -0.2) is 27.9 Å². The molecule has 2 rings (SSSR count). The van der Waals surface area contributed by atoms with E-state index in [1.54, 1.807) is 6.07 Å². The molecule has 0 aliphatic carbocycles. The topological polar surface area (TPSA) is 88.8 Å². The first-order chi connectivity index (χ1) is 9.99. The predicted octanol–water partition coefficient (Wildman–Crippen LogP) is 1.75. The zero-order valence-electron chi connectivity index (χ0n) is 11.9. The van der Waals surface area contributed by atoms with Gasteiger partial charge < -0.3 is 19.5 Å². The van der Waals surface area contributed by atoms with Gasteiger partial charge in [0, 0.05) is 11.1 Å². The summed E-state index contributed by atoms with van der Waals surface area (Å²) >= 11 is 0. The second kappa shape index (κ2) is 5.87. The summed E-state index contributed by atoms with van der Waals surface area (Å²) in [5.41, 5.74) is 0.220. The van der Waals surface area contributed by atoms with Gasteiger partial charge in [0.15, 0.2) is 11.5 Å². The molecule has 0 unspecified atom stereocenters. The number of methoxy groups -OCH3 is 1. The van der Waals surface area contributed by atoms with Crippen molar-refractivity contribution in [3.8, 4) is 11.5 Å². The third-order valence-electron chi connectivity index (χ3n) is 3.31. The van der Waals surface area contributed by atoms with Crippen molar-refractivity contribution < 1.29 is 19.7 Å². The lowest BCUT2D eigenvalue weighted by Crippen LogP contribution is -2.27. The summed E-state index contributed by atoms with van der Waals surface area (Å²) in [6.07, 6.45) is 1.34. The van der Waals surface area contributed by atoms with Gasteiger partial charge in [-0.05, 0) is 24.6 Å². The number of carboxylic acids is 1. The van der Waals surface area contributed by atoms with E-state index in [0.717, 1.165) is 6.42 Å². The van der Waals surface area contributed by atoms with Crippen molar-refractivity contribution in [1.29, 1.82) is 0 Å². The number of rotatable bonds is 5. The van der Waals surface area contributed by atoms with Crippen molar-refractivity contribution in [3.05, 3.63) is 34.2 Å². The van der Waals surface area contributed by atoms with E-state index in [1.807, 2.05) is 6.92 Å². The Kier molecular flexibility index (Phi) is 4.16. The van der Waals surface area contributed by atoms with E-state index in [9.17, 15) is 14.7 Å². The Morgan fingerprint density at radius 1 is 1.33 bits per heavy atom. The quantitative estimate of drug-likeness (QED) is 0.876. The first-order valence-electron chi connectivity index (χ1n) is 6.63. The van der Waals surface area contributed by atoms with Crippen molar-refractivity contribution in [2.24, 2.45) is 0 Å². The number of nitrogens with zero attached hydrogens (tertiary/aromatic N) is 1. The summed E-state index contributed by atoms with van der Waals surface area (Å²) in [5, 5.41) is 19.6. The van der Waals surface area contributed by atoms with Gasteiger partial charge in [0.2, 0.25) is 0 Å². The largest absolute Gasteiger partial charge is 0.504 e. The zero-order valence-corrected chi connectivity index (χ0v) is 11.9. The van der Waals surface area contributed by atoms with Crippen LogP contribution >= 0.6 is 0 Å². The fourth-order valence-electron chi connectivity index (χ4n) is 2.42. The number of ether oxygens (including phenoxy) is 1. The lowest BCUT2D eigenvalue weighted by Gasteiger charge is -2.14. The SMILES string of the molecule is CCCc1cc2c(OC)c(O)ccc2c(=O)n1CC(=O)O. The van der Waals surface area contributed by atoms with E-state index < -0.39 is 11.5 Å². The van der Waals surface area contributed by atoms with Gasteiger partial charge in [-0.2, -0.15) is 0 Å². The average molecular weight is 291 g/mol. The van der Waals surface area contributed by atoms with E-state index >= 15 is 0 Å². The lowest BCUT2D eigenvalue weighted by molar-refractivity contribution is -0.137. The molecule has 6 heteroatoms. The van der Waals surface area contributed by atoms with Crippen molar-refractivity contribution in [3.63, 3.8) is 0 Å². The third kappa shape index (κ3) is 2.69. The second-order valence-corrected chi connectivity index (χ2v) is 4.75. The molecule has 2 N–H and O–H groups in total. The van der Waals surface area contributed by atoms with Crippen LogP contribution < -0.4 is 10.3 Å². The highest BCUT2D eigenvalue weighted by Gasteiger charge is 2.16. The van der Waals surface area contributed by atoms with Gasteiger partial charge in [-0.15, -0.1) is 0 Å². The van der Waals surface area contributed by atoms with Crippen LogP contribution in [0.2, 0.25) is 0 Å². The fraction of sp³-hybridized carbons (Fsp3) is 0.333. The number of carboxylic acid groups (broad SMARTS) is 1. The predicted molar refractivity (Wildman–Crippen MR) is 78.1 cm³/mol. The number of hydrogen-bond acceptors (Lipinski definition) is 4. The molecule has 0 bridgehead atoms. The van der Waals surface area contributed by atoms with Gasteiger partial charge in [-0.1, -0.05) is 13.3 Å². The van der Waals surface area contributed by atoms with Crippen LogP contribution in [0.15, 0.2) is 23.0 Å². The number of aryl methyl sites for hydroxylation is 1. The normalized spacial score (nSPS) is 10.8. The van der Waals surface area contributed by atoms with Crippen LogP contribution in [0.5, 0.6) is 11.5 Å². The number of aromatic hydroxyl groups is 1. The summed E-state index contributed by atoms with van der Waals surface area (Å²) in [7, 11) is 1.41. The third-order valence-corrected chi connectivity index (χ3v) is 3.31. The number of pyridine rings is 1. The highest BCUT2D eigenvalue weighted by molar-refractivity contribution is 5.90. The Bertz CT molecular complexity index is 748. The minimum absolute atomic E-state index is 0.0529. The molecule has 1 aromatic heterocycles. The summed E-state index contributed by atoms with van der Waals surface area (Å²) in [5.74, 6) is -0.896. The number of hydrogen-bond donors (Lipinski definition) is 2. The number of phenols is 1. The van der Waals surface area contributed by atoms with Crippen LogP contribution in [-0.2, 0) is 17.8 Å². The Labute approximate surface area is 121 Å². The molecule has 0 fully saturated rings. The first kappa shape index (κ1) is 14.9. The molecule has 0 aliphatic rings. The summed E-state index contributed by atoms with van der Waals surface area (Å²) in [4.78, 5) is 23.5. The summed E-state index contributed by atoms with van der Waals surface area (Å²) < 4.78 is 6.41. The maximum atomic E-state index is 12.5. The molecule has 2 aromatic rings. The Morgan fingerprint density at radius 3 is 2.62 bits per heavy atom. The van der Waals surface area contributed by atoms with Crippen LogP contribution in [0, 0.1) is 0 Å². The van der Waals surface area contributed by atoms with Gasteiger partial charge in [-0.3, -0.25) is 9.59 Å². The molecule has 0 atom stereocenters. The molecule has 1 aromatic carbocycles. The Morgan fingerprint density at radius 2 is 2.05 bits per heavy atom. The number of fused-ring (bicyclic) bond motifs is 1. The molecule has 112 valence electrons. The molecular weight excluding hydrogens is 274 g/mol. The molecular formula is C15H17NO5. The molecule has 1 heterocycles. The van der Waals surface area contributed by atoms with E-state index in [4.69, 9.17) is 9.84 Å². The van der Waals surface area contributed by atoms with Gasteiger partial charge in [0.25, 0.3) is 5.56 Å². The van der Waals surface area contributed by atoms with Crippen LogP contribution in [0.4, 0.5) is 0 Å². The maximum Gasteiger partial charge on any atom is 0.323 e. The fourth-order valence-corrected chi connectivity index (χ4v) is 2.42. The van der Waals surface area contributed by atoms with Crippen LogP contribution in [0.25, 0.3) is 10.8 Å². The number of benzene rings is 1. The van der Waals surface area contributed by atoms with Crippen LogP contribution in [0.1, 0.15) is 19.0 Å². The van der Waals surface area contributed by atoms with E-state index in [1.165, 1.54) is 23.8 Å². The molecule has 0 aliphatic heterocycles. The van der Waals surface area contributed by atoms with Crippen molar-refractivity contribution in [1.82, 2.24) is 4.57 Å². The van der Waals surface area contributed by atoms with E-state index in [0.29, 0.717) is 22.9 Å². The highest BCUT2D eigenvalue weighted by Crippen LogP contribution is 2.33. The van der Waals surface area contributed by atoms with Crippen molar-refractivity contribution in [2.45, 2.75) is 26.3 Å². The monoisotopic (exact) mass is 291 g/mol. The second-order valence-electron chi connectivity index (χ2n) is 4.75. The molecule has 0 saturated heterocycles. The number of aromatic nitrogens is 1. The smallest absolute Gasteiger partial charge is 0.323 e. The molecule has 0 amide bonds. The van der Waals surface area contributed by atoms with Crippen molar-refractivity contribution >= 4 is 16.7 Å². The number of carbonyl (C=O) groups is 1. The van der Waals surface area contributed by atoms with Crippen molar-refractivity contribution in [2.75, 3.05) is 7.11 Å². The summed E-state index contributed by atoms with van der Waals surface area (Å²) in [6, 6.07) is 4.55. The molecule has 0 saturated carbocycles. The molecule has 0 radical (unpaired) electrons. The van der Waals surface area contributed by atoms with E-state index in [-0.39, 0.29) is 18.0 Å². The van der Waals surface area contributed by atoms with E-state index in [2.05, 4.69) is 0 Å². The lowest BCUT2D eigenvalue weighted by atomic mass is 10.1. The minimum Gasteiger partial charge on any atom is -0.504 e. The first-order valence-corrected chi connectivity index (χ1v) is 6.63. The summed E-state index contributed by atoms with van der Waals surface area (Å²) in [6.45, 7) is 1.56. The average Bonchev–Trinajstić information content (AvgIpc) is 2.43. The molecule has 0 spiro atoms. The highest BCUT2D eigenvalue weighted by atomic mass is 16.5. The maximum absolute atomic E-state index is 12.5. The number of aliphatic carboxylic acids is 1. The van der Waals surface area contributed by atoms with Crippen LogP contribution in [0.3, 0.4) is 0 Å².